The van der Waals surface area contributed by atoms with Gasteiger partial charge in [-0.25, -0.2) is 9.59 Å². The predicted molar refractivity (Wildman–Crippen MR) is 96.6 cm³/mol. The summed E-state index contributed by atoms with van der Waals surface area (Å²) < 4.78 is 10.1. The summed E-state index contributed by atoms with van der Waals surface area (Å²) >= 11 is 0. The highest BCUT2D eigenvalue weighted by Gasteiger charge is 2.41. The summed E-state index contributed by atoms with van der Waals surface area (Å²) in [5, 5.41) is 11.7. The van der Waals surface area contributed by atoms with Crippen molar-refractivity contribution in [3.05, 3.63) is 80.2 Å². The zero-order chi connectivity index (χ0) is 20.7. The summed E-state index contributed by atoms with van der Waals surface area (Å²) in [4.78, 5) is 59.3. The molecule has 2 aromatic carbocycles. The predicted octanol–water partition coefficient (Wildman–Crippen LogP) is 1.90. The fourth-order valence-electron chi connectivity index (χ4n) is 3.01. The molecule has 1 aromatic heterocycles. The van der Waals surface area contributed by atoms with Crippen LogP contribution in [-0.2, 0) is 4.79 Å². The quantitative estimate of drug-likeness (QED) is 0.163. The van der Waals surface area contributed by atoms with Gasteiger partial charge in [0.25, 0.3) is 17.5 Å². The van der Waals surface area contributed by atoms with Crippen molar-refractivity contribution in [1.82, 2.24) is 4.90 Å². The first-order chi connectivity index (χ1) is 13.8. The number of fused-ring (bicyclic) bond motifs is 2. The average molecular weight is 394 g/mol. The molecule has 2 amide bonds. The first-order valence-electron chi connectivity index (χ1n) is 8.23. The maximum Gasteiger partial charge on any atom is 0.336 e. The topological polar surface area (TPSA) is 137 Å². The first kappa shape index (κ1) is 18.0. The summed E-state index contributed by atoms with van der Waals surface area (Å²) in [7, 11) is 0. The SMILES string of the molecule is O=C(CN1C(=O)c2cccc([N+](=O)[O-])c2C1=O)Oc1ccc2ccc(=O)oc2c1. The number of carbonyl (C=O) groups is 3. The maximum absolute atomic E-state index is 12.5. The molecule has 0 unspecified atom stereocenters. The van der Waals surface area contributed by atoms with Gasteiger partial charge in [-0.05, 0) is 24.3 Å². The molecule has 2 heterocycles. The largest absolute Gasteiger partial charge is 0.425 e. The number of nitro benzene ring substituents is 1. The second-order valence-corrected chi connectivity index (χ2v) is 6.08. The van der Waals surface area contributed by atoms with Crippen LogP contribution in [0.4, 0.5) is 5.69 Å². The van der Waals surface area contributed by atoms with E-state index in [-0.39, 0.29) is 22.5 Å². The van der Waals surface area contributed by atoms with Crippen LogP contribution in [0.5, 0.6) is 5.75 Å². The molecule has 4 rings (SSSR count). The molecule has 0 radical (unpaired) electrons. The Morgan fingerprint density at radius 1 is 1.07 bits per heavy atom. The normalized spacial score (nSPS) is 12.9. The Kier molecular flexibility index (Phi) is 4.15. The van der Waals surface area contributed by atoms with E-state index in [1.165, 1.54) is 30.3 Å². The molecule has 0 saturated heterocycles. The van der Waals surface area contributed by atoms with E-state index in [1.807, 2.05) is 0 Å². The Morgan fingerprint density at radius 3 is 2.59 bits per heavy atom. The fraction of sp³-hybridized carbons (Fsp3) is 0.0526. The summed E-state index contributed by atoms with van der Waals surface area (Å²) in [6.07, 6.45) is 0. The van der Waals surface area contributed by atoms with Crippen molar-refractivity contribution in [2.45, 2.75) is 0 Å². The van der Waals surface area contributed by atoms with Crippen LogP contribution >= 0.6 is 0 Å². The minimum atomic E-state index is -0.946. The van der Waals surface area contributed by atoms with Gasteiger partial charge in [-0.1, -0.05) is 6.07 Å². The Morgan fingerprint density at radius 2 is 1.83 bits per heavy atom. The van der Waals surface area contributed by atoms with Crippen molar-refractivity contribution in [3.63, 3.8) is 0 Å². The van der Waals surface area contributed by atoms with Gasteiger partial charge in [0.2, 0.25) is 0 Å². The maximum atomic E-state index is 12.5. The third-order valence-electron chi connectivity index (χ3n) is 4.29. The molecule has 0 N–H and O–H groups in total. The van der Waals surface area contributed by atoms with Gasteiger partial charge in [-0.2, -0.15) is 0 Å². The van der Waals surface area contributed by atoms with Crippen LogP contribution in [0.25, 0.3) is 11.0 Å². The monoisotopic (exact) mass is 394 g/mol. The zero-order valence-electron chi connectivity index (χ0n) is 14.5. The lowest BCUT2D eigenvalue weighted by atomic mass is 10.1. The van der Waals surface area contributed by atoms with Gasteiger partial charge in [0, 0.05) is 23.6 Å². The van der Waals surface area contributed by atoms with Crippen LogP contribution in [-0.4, -0.2) is 34.2 Å². The van der Waals surface area contributed by atoms with Crippen LogP contribution in [0.1, 0.15) is 20.7 Å². The van der Waals surface area contributed by atoms with Crippen molar-refractivity contribution >= 4 is 34.4 Å². The lowest BCUT2D eigenvalue weighted by Gasteiger charge is -2.12. The number of carbonyl (C=O) groups excluding carboxylic acids is 3. The van der Waals surface area contributed by atoms with Crippen molar-refractivity contribution < 1.29 is 28.5 Å². The third kappa shape index (κ3) is 3.12. The summed E-state index contributed by atoms with van der Waals surface area (Å²) in [5.41, 5.74) is -1.40. The molecular weight excluding hydrogens is 384 g/mol. The number of nitrogens with zero attached hydrogens (tertiary/aromatic N) is 2. The van der Waals surface area contributed by atoms with Crippen molar-refractivity contribution in [2.75, 3.05) is 6.54 Å². The van der Waals surface area contributed by atoms with Crippen LogP contribution in [0, 0.1) is 10.1 Å². The second-order valence-electron chi connectivity index (χ2n) is 6.08. The van der Waals surface area contributed by atoms with Crippen LogP contribution in [0.15, 0.2) is 57.7 Å². The van der Waals surface area contributed by atoms with Crippen LogP contribution in [0.3, 0.4) is 0 Å². The number of hydrogen-bond donors (Lipinski definition) is 0. The number of ether oxygens (including phenoxy) is 1. The smallest absolute Gasteiger partial charge is 0.336 e. The Bertz CT molecular complexity index is 1280. The summed E-state index contributed by atoms with van der Waals surface area (Å²) in [6.45, 7) is -0.736. The molecule has 1 aliphatic rings. The van der Waals surface area contributed by atoms with Gasteiger partial charge >= 0.3 is 11.6 Å². The van der Waals surface area contributed by atoms with Crippen LogP contribution < -0.4 is 10.4 Å². The molecule has 0 saturated carbocycles. The van der Waals surface area contributed by atoms with E-state index in [0.29, 0.717) is 10.3 Å². The minimum Gasteiger partial charge on any atom is -0.425 e. The molecule has 144 valence electrons. The van der Waals surface area contributed by atoms with Crippen molar-refractivity contribution in [1.29, 1.82) is 0 Å². The average Bonchev–Trinajstić information content (AvgIpc) is 2.92. The molecule has 10 nitrogen and oxygen atoms in total. The second kappa shape index (κ2) is 6.68. The number of imide groups is 1. The Balaban J connectivity index is 1.55. The van der Waals surface area contributed by atoms with Crippen LogP contribution in [0.2, 0.25) is 0 Å². The molecule has 29 heavy (non-hydrogen) atoms. The molecule has 10 heteroatoms. The van der Waals surface area contributed by atoms with E-state index in [1.54, 1.807) is 12.1 Å². The highest BCUT2D eigenvalue weighted by atomic mass is 16.6. The standard InChI is InChI=1S/C19H10N2O8/c22-15-7-5-10-4-6-11(8-14(10)29-15)28-16(23)9-20-18(24)12-2-1-3-13(21(26)27)17(12)19(20)25/h1-8H,9H2. The number of amides is 2. The number of benzene rings is 2. The van der Waals surface area contributed by atoms with E-state index in [2.05, 4.69) is 0 Å². The van der Waals surface area contributed by atoms with E-state index in [4.69, 9.17) is 9.15 Å². The van der Waals surface area contributed by atoms with Gasteiger partial charge in [0.15, 0.2) is 0 Å². The number of nitro groups is 1. The van der Waals surface area contributed by atoms with Gasteiger partial charge in [-0.3, -0.25) is 24.6 Å². The van der Waals surface area contributed by atoms with E-state index in [0.717, 1.165) is 6.07 Å². The molecule has 3 aromatic rings. The lowest BCUT2D eigenvalue weighted by molar-refractivity contribution is -0.385. The summed E-state index contributed by atoms with van der Waals surface area (Å²) in [6, 6.07) is 10.8. The van der Waals surface area contributed by atoms with Crippen molar-refractivity contribution in [2.24, 2.45) is 0 Å². The van der Waals surface area contributed by atoms with Gasteiger partial charge < -0.3 is 9.15 Å². The van der Waals surface area contributed by atoms with E-state index < -0.39 is 40.6 Å². The molecule has 1 aliphatic heterocycles. The van der Waals surface area contributed by atoms with Gasteiger partial charge in [0.1, 0.15) is 23.4 Å². The number of rotatable bonds is 4. The highest BCUT2D eigenvalue weighted by Crippen LogP contribution is 2.30. The Hall–Kier alpha value is -4.34. The third-order valence-corrected chi connectivity index (χ3v) is 4.29. The van der Waals surface area contributed by atoms with Gasteiger partial charge in [-0.15, -0.1) is 0 Å². The fourth-order valence-corrected chi connectivity index (χ4v) is 3.01. The van der Waals surface area contributed by atoms with Crippen molar-refractivity contribution in [3.8, 4) is 5.75 Å². The highest BCUT2D eigenvalue weighted by molar-refractivity contribution is 6.24. The minimum absolute atomic E-state index is 0.0411. The van der Waals surface area contributed by atoms with E-state index in [9.17, 15) is 29.3 Å². The van der Waals surface area contributed by atoms with Gasteiger partial charge in [0.05, 0.1) is 10.5 Å². The molecule has 0 fully saturated rings. The zero-order valence-corrected chi connectivity index (χ0v) is 14.5. The molecule has 0 spiro atoms. The molecular formula is C19H10N2O8. The molecule has 0 bridgehead atoms. The van der Waals surface area contributed by atoms with E-state index >= 15 is 0 Å². The molecule has 0 atom stereocenters. The first-order valence-corrected chi connectivity index (χ1v) is 8.23. The Labute approximate surface area is 161 Å². The number of hydrogen-bond acceptors (Lipinski definition) is 8. The lowest BCUT2D eigenvalue weighted by Crippen LogP contribution is -2.36. The molecule has 0 aliphatic carbocycles. The number of esters is 1. The summed E-state index contributed by atoms with van der Waals surface area (Å²) in [5.74, 6) is -2.67.